The minimum atomic E-state index is -0.511. The maximum atomic E-state index is 12.7. The van der Waals surface area contributed by atoms with Gasteiger partial charge in [-0.1, -0.05) is 52.9 Å². The van der Waals surface area contributed by atoms with Crippen molar-refractivity contribution in [1.82, 2.24) is 10.6 Å². The van der Waals surface area contributed by atoms with Crippen LogP contribution in [0.15, 0.2) is 0 Å². The highest BCUT2D eigenvalue weighted by atomic mass is 32.2. The Kier molecular flexibility index (Phi) is 11.6. The van der Waals surface area contributed by atoms with Crippen LogP contribution < -0.4 is 10.6 Å². The lowest BCUT2D eigenvalue weighted by atomic mass is 9.71. The van der Waals surface area contributed by atoms with E-state index in [4.69, 9.17) is 4.74 Å². The Morgan fingerprint density at radius 1 is 1.03 bits per heavy atom. The first-order valence-corrected chi connectivity index (χ1v) is 12.9. The lowest BCUT2D eigenvalue weighted by molar-refractivity contribution is -0.123. The van der Waals surface area contributed by atoms with Gasteiger partial charge in [-0.2, -0.15) is 11.8 Å². The van der Waals surface area contributed by atoms with Crippen LogP contribution in [0.5, 0.6) is 0 Å². The number of nitrogens with one attached hydrogen (secondary N) is 2. The van der Waals surface area contributed by atoms with Gasteiger partial charge >= 0.3 is 6.09 Å². The quantitative estimate of drug-likeness (QED) is 0.360. The molecule has 0 saturated heterocycles. The van der Waals surface area contributed by atoms with E-state index in [1.807, 2.05) is 32.5 Å². The normalized spacial score (nSPS) is 18.3. The monoisotopic (exact) mass is 442 g/mol. The number of carbonyl (C=O) groups excluding carboxylic acids is 2. The van der Waals surface area contributed by atoms with Gasteiger partial charge in [-0.15, -0.1) is 0 Å². The molecule has 0 aliphatic heterocycles. The molecule has 0 spiro atoms. The van der Waals surface area contributed by atoms with Gasteiger partial charge in [0.2, 0.25) is 5.91 Å². The molecule has 0 aromatic heterocycles. The fraction of sp³-hybridized carbons (Fsp3) is 0.917. The van der Waals surface area contributed by atoms with Gasteiger partial charge in [-0.25, -0.2) is 4.79 Å². The molecule has 6 heteroatoms. The summed E-state index contributed by atoms with van der Waals surface area (Å²) in [6.07, 6.45) is 10.4. The number of ether oxygens (including phenoxy) is 1. The third-order valence-electron chi connectivity index (χ3n) is 6.14. The number of hydrogen-bond acceptors (Lipinski definition) is 4. The molecule has 1 unspecified atom stereocenters. The van der Waals surface area contributed by atoms with Crippen molar-refractivity contribution in [3.63, 3.8) is 0 Å². The third-order valence-corrected chi connectivity index (χ3v) is 7.74. The molecule has 1 aliphatic rings. The standard InChI is InChI=1S/C24H46N2O3S/c1-7-9-13-23(6,8-2)30-17-16-25-20(27)18-24(14-11-10-12-15-24)19-26-21(28)29-22(3,4)5/h7-19H2,1-6H3,(H,25,27)(H,26,28). The van der Waals surface area contributed by atoms with Crippen LogP contribution in [-0.2, 0) is 9.53 Å². The highest BCUT2D eigenvalue weighted by molar-refractivity contribution is 8.00. The second-order valence-electron chi connectivity index (χ2n) is 10.2. The number of alkyl carbamates (subject to hydrolysis) is 1. The minimum Gasteiger partial charge on any atom is -0.444 e. The topological polar surface area (TPSA) is 67.4 Å². The molecule has 1 saturated carbocycles. The van der Waals surface area contributed by atoms with Crippen molar-refractivity contribution in [2.75, 3.05) is 18.8 Å². The van der Waals surface area contributed by atoms with E-state index in [0.29, 0.717) is 24.3 Å². The molecule has 30 heavy (non-hydrogen) atoms. The zero-order valence-corrected chi connectivity index (χ0v) is 21.1. The van der Waals surface area contributed by atoms with Crippen LogP contribution in [0.3, 0.4) is 0 Å². The lowest BCUT2D eigenvalue weighted by Crippen LogP contribution is -2.44. The van der Waals surface area contributed by atoms with Gasteiger partial charge in [0.05, 0.1) is 0 Å². The van der Waals surface area contributed by atoms with Crippen molar-refractivity contribution in [3.8, 4) is 0 Å². The van der Waals surface area contributed by atoms with Gasteiger partial charge in [0.15, 0.2) is 0 Å². The van der Waals surface area contributed by atoms with Gasteiger partial charge in [-0.3, -0.25) is 4.79 Å². The van der Waals surface area contributed by atoms with Crippen LogP contribution in [0.25, 0.3) is 0 Å². The molecule has 2 amide bonds. The molecule has 1 fully saturated rings. The molecule has 1 aliphatic carbocycles. The van der Waals surface area contributed by atoms with Crippen LogP contribution in [0.2, 0.25) is 0 Å². The summed E-state index contributed by atoms with van der Waals surface area (Å²) in [6.45, 7) is 13.6. The zero-order valence-electron chi connectivity index (χ0n) is 20.3. The Hall–Kier alpha value is -0.910. The van der Waals surface area contributed by atoms with E-state index in [9.17, 15) is 9.59 Å². The van der Waals surface area contributed by atoms with E-state index in [2.05, 4.69) is 31.4 Å². The molecule has 0 aromatic carbocycles. The van der Waals surface area contributed by atoms with Crippen molar-refractivity contribution in [2.45, 2.75) is 116 Å². The second-order valence-corrected chi connectivity index (χ2v) is 11.9. The van der Waals surface area contributed by atoms with Crippen molar-refractivity contribution in [1.29, 1.82) is 0 Å². The Labute approximate surface area is 189 Å². The summed E-state index contributed by atoms with van der Waals surface area (Å²) in [6, 6.07) is 0. The summed E-state index contributed by atoms with van der Waals surface area (Å²) in [5, 5.41) is 6.05. The molecular weight excluding hydrogens is 396 g/mol. The van der Waals surface area contributed by atoms with Crippen molar-refractivity contribution < 1.29 is 14.3 Å². The van der Waals surface area contributed by atoms with Crippen LogP contribution in [-0.4, -0.2) is 41.2 Å². The second kappa shape index (κ2) is 12.8. The summed E-state index contributed by atoms with van der Waals surface area (Å²) in [5.41, 5.74) is -0.658. The largest absolute Gasteiger partial charge is 0.444 e. The molecule has 176 valence electrons. The number of unbranched alkanes of at least 4 members (excludes halogenated alkanes) is 1. The molecular formula is C24H46N2O3S. The molecule has 1 rings (SSSR count). The number of rotatable bonds is 12. The van der Waals surface area contributed by atoms with Crippen molar-refractivity contribution in [3.05, 3.63) is 0 Å². The van der Waals surface area contributed by atoms with Crippen molar-refractivity contribution >= 4 is 23.8 Å². The molecule has 0 radical (unpaired) electrons. The Balaban J connectivity index is 2.48. The van der Waals surface area contributed by atoms with E-state index in [1.54, 1.807) is 0 Å². The Morgan fingerprint density at radius 2 is 1.70 bits per heavy atom. The SMILES string of the molecule is CCCCC(C)(CC)SCCNC(=O)CC1(CNC(=O)OC(C)(C)C)CCCCC1. The summed E-state index contributed by atoms with van der Waals surface area (Å²) < 4.78 is 5.68. The summed E-state index contributed by atoms with van der Waals surface area (Å²) in [5.74, 6) is 1.05. The summed E-state index contributed by atoms with van der Waals surface area (Å²) in [7, 11) is 0. The van der Waals surface area contributed by atoms with Gasteiger partial charge in [0.25, 0.3) is 0 Å². The first-order chi connectivity index (χ1) is 14.0. The molecule has 0 heterocycles. The number of thioether (sulfide) groups is 1. The smallest absolute Gasteiger partial charge is 0.407 e. The average molecular weight is 443 g/mol. The van der Waals surface area contributed by atoms with Gasteiger partial charge in [0, 0.05) is 30.0 Å². The maximum Gasteiger partial charge on any atom is 0.407 e. The van der Waals surface area contributed by atoms with Gasteiger partial charge in [-0.05, 0) is 51.9 Å². The molecule has 0 bridgehead atoms. The van der Waals surface area contributed by atoms with E-state index >= 15 is 0 Å². The first-order valence-electron chi connectivity index (χ1n) is 11.9. The minimum absolute atomic E-state index is 0.107. The molecule has 1 atom stereocenters. The predicted octanol–water partition coefficient (Wildman–Crippen LogP) is 6.06. The average Bonchev–Trinajstić information content (AvgIpc) is 2.68. The van der Waals surface area contributed by atoms with Gasteiger partial charge < -0.3 is 15.4 Å². The maximum absolute atomic E-state index is 12.7. The fourth-order valence-electron chi connectivity index (χ4n) is 4.08. The molecule has 2 N–H and O–H groups in total. The van der Waals surface area contributed by atoms with Crippen LogP contribution in [0, 0.1) is 5.41 Å². The van der Waals surface area contributed by atoms with Crippen LogP contribution in [0.1, 0.15) is 106 Å². The number of amides is 2. The number of carbonyl (C=O) groups is 2. The van der Waals surface area contributed by atoms with Gasteiger partial charge in [0.1, 0.15) is 5.60 Å². The highest BCUT2D eigenvalue weighted by Crippen LogP contribution is 2.39. The van der Waals surface area contributed by atoms with E-state index in [-0.39, 0.29) is 11.3 Å². The molecule has 5 nitrogen and oxygen atoms in total. The third kappa shape index (κ3) is 10.9. The van der Waals surface area contributed by atoms with Crippen LogP contribution in [0.4, 0.5) is 4.79 Å². The summed E-state index contributed by atoms with van der Waals surface area (Å²) >= 11 is 1.98. The fourth-order valence-corrected chi connectivity index (χ4v) is 5.27. The first kappa shape index (κ1) is 27.1. The Morgan fingerprint density at radius 3 is 2.27 bits per heavy atom. The highest BCUT2D eigenvalue weighted by Gasteiger charge is 2.35. The predicted molar refractivity (Wildman–Crippen MR) is 128 cm³/mol. The van der Waals surface area contributed by atoms with E-state index in [1.165, 1.54) is 25.7 Å². The molecule has 0 aromatic rings. The van der Waals surface area contributed by atoms with E-state index < -0.39 is 11.7 Å². The summed E-state index contributed by atoms with van der Waals surface area (Å²) in [4.78, 5) is 24.8. The lowest BCUT2D eigenvalue weighted by Gasteiger charge is -2.37. The number of hydrogen-bond donors (Lipinski definition) is 2. The zero-order chi connectivity index (χ0) is 22.7. The Bertz CT molecular complexity index is 527. The van der Waals surface area contributed by atoms with E-state index in [0.717, 1.165) is 37.9 Å². The van der Waals surface area contributed by atoms with Crippen molar-refractivity contribution in [2.24, 2.45) is 5.41 Å². The van der Waals surface area contributed by atoms with Crippen LogP contribution >= 0.6 is 11.8 Å².